The van der Waals surface area contributed by atoms with Gasteiger partial charge >= 0.3 is 11.4 Å². The van der Waals surface area contributed by atoms with E-state index in [0.717, 1.165) is 10.1 Å². The second-order valence-corrected chi connectivity index (χ2v) is 7.23. The number of anilines is 1. The number of guanidine groups is 1. The zero-order chi connectivity index (χ0) is 24.7. The van der Waals surface area contributed by atoms with Crippen LogP contribution >= 0.6 is 0 Å². The molecule has 1 heterocycles. The molecule has 3 aromatic rings. The van der Waals surface area contributed by atoms with Gasteiger partial charge in [0.05, 0.1) is 25.1 Å². The summed E-state index contributed by atoms with van der Waals surface area (Å²) in [5.74, 6) is 0.678. The lowest BCUT2D eigenvalue weighted by Gasteiger charge is -2.22. The summed E-state index contributed by atoms with van der Waals surface area (Å²) in [4.78, 5) is 48.0. The minimum absolute atomic E-state index is 0.0663. The first-order chi connectivity index (χ1) is 16.3. The fourth-order valence-corrected chi connectivity index (χ4v) is 3.13. The molecular formula is C21H24N8O5. The molecule has 0 saturated carbocycles. The monoisotopic (exact) mass is 468 g/mol. The number of non-ortho nitro benzene ring substituents is 1. The Balaban J connectivity index is 1.87. The first-order valence-electron chi connectivity index (χ1n) is 10.1. The van der Waals surface area contributed by atoms with E-state index >= 15 is 0 Å². The van der Waals surface area contributed by atoms with E-state index in [4.69, 9.17) is 16.2 Å². The summed E-state index contributed by atoms with van der Waals surface area (Å²) in [6, 6.07) is 12.8. The normalized spacial score (nSPS) is 10.5. The molecule has 178 valence electrons. The van der Waals surface area contributed by atoms with E-state index in [0.29, 0.717) is 17.9 Å². The van der Waals surface area contributed by atoms with E-state index < -0.39 is 16.3 Å². The van der Waals surface area contributed by atoms with E-state index in [2.05, 4.69) is 15.0 Å². The van der Waals surface area contributed by atoms with Crippen LogP contribution in [-0.4, -0.2) is 45.6 Å². The van der Waals surface area contributed by atoms with Crippen molar-refractivity contribution in [3.05, 3.63) is 90.7 Å². The van der Waals surface area contributed by atoms with Gasteiger partial charge in [-0.15, -0.1) is 0 Å². The van der Waals surface area contributed by atoms with Crippen molar-refractivity contribution in [2.45, 2.75) is 13.1 Å². The standard InChI is InChI=1S/C21H24N8O5/c1-34-17-8-4-14(5-9-17)12-27(11-10-24-18(22)23)19-25-20(30)28(21(31)26-19)13-15-2-6-16(7-3-15)29(32)33/h2-9H,10-13H2,1H3,(H4,22,23,24)(H,25,26,30,31). The van der Waals surface area contributed by atoms with Gasteiger partial charge in [0.2, 0.25) is 5.95 Å². The fraction of sp³-hybridized carbons (Fsp3) is 0.238. The molecule has 0 spiro atoms. The van der Waals surface area contributed by atoms with Crippen LogP contribution in [0.5, 0.6) is 5.75 Å². The third-order valence-electron chi connectivity index (χ3n) is 4.88. The van der Waals surface area contributed by atoms with E-state index in [9.17, 15) is 19.7 Å². The Bertz CT molecular complexity index is 1250. The predicted octanol–water partition coefficient (Wildman–Crippen LogP) is 0.177. The number of hydrogen-bond donors (Lipinski definition) is 3. The van der Waals surface area contributed by atoms with E-state index in [1.54, 1.807) is 24.1 Å². The van der Waals surface area contributed by atoms with Crippen LogP contribution in [-0.2, 0) is 13.1 Å². The minimum atomic E-state index is -0.765. The maximum atomic E-state index is 12.7. The molecule has 0 aliphatic rings. The van der Waals surface area contributed by atoms with E-state index in [1.807, 2.05) is 12.1 Å². The molecule has 0 aliphatic carbocycles. The number of hydrogen-bond acceptors (Lipinski definition) is 8. The van der Waals surface area contributed by atoms with Gasteiger partial charge in [-0.3, -0.25) is 20.1 Å². The number of nitro groups is 1. The zero-order valence-electron chi connectivity index (χ0n) is 18.4. The smallest absolute Gasteiger partial charge is 0.355 e. The van der Waals surface area contributed by atoms with Crippen molar-refractivity contribution < 1.29 is 9.66 Å². The lowest BCUT2D eigenvalue weighted by atomic mass is 10.2. The summed E-state index contributed by atoms with van der Waals surface area (Å²) < 4.78 is 6.07. The van der Waals surface area contributed by atoms with Crippen LogP contribution < -0.4 is 32.5 Å². The third kappa shape index (κ3) is 6.18. The van der Waals surface area contributed by atoms with Crippen LogP contribution in [0.15, 0.2) is 63.1 Å². The maximum Gasteiger partial charge on any atom is 0.355 e. The second-order valence-electron chi connectivity index (χ2n) is 7.23. The molecule has 0 fully saturated rings. The number of nitro benzene ring substituents is 1. The molecule has 0 amide bonds. The Kier molecular flexibility index (Phi) is 7.59. The van der Waals surface area contributed by atoms with Crippen molar-refractivity contribution >= 4 is 17.6 Å². The lowest BCUT2D eigenvalue weighted by Crippen LogP contribution is -2.41. The summed E-state index contributed by atoms with van der Waals surface area (Å²) in [6.07, 6.45) is 0. The van der Waals surface area contributed by atoms with Crippen LogP contribution in [0.25, 0.3) is 0 Å². The Morgan fingerprint density at radius 3 is 2.35 bits per heavy atom. The Hall–Kier alpha value is -4.68. The molecule has 13 heteroatoms. The van der Waals surface area contributed by atoms with Gasteiger partial charge in [-0.05, 0) is 23.3 Å². The van der Waals surface area contributed by atoms with Crippen LogP contribution in [0.4, 0.5) is 11.6 Å². The molecule has 2 aromatic carbocycles. The second kappa shape index (κ2) is 10.8. The third-order valence-corrected chi connectivity index (χ3v) is 4.88. The fourth-order valence-electron chi connectivity index (χ4n) is 3.13. The van der Waals surface area contributed by atoms with Crippen molar-refractivity contribution in [3.8, 4) is 5.75 Å². The zero-order valence-corrected chi connectivity index (χ0v) is 18.4. The molecule has 0 bridgehead atoms. The van der Waals surface area contributed by atoms with Crippen molar-refractivity contribution in [1.82, 2.24) is 14.5 Å². The van der Waals surface area contributed by atoms with E-state index in [-0.39, 0.29) is 37.2 Å². The molecule has 34 heavy (non-hydrogen) atoms. The molecule has 5 N–H and O–H groups in total. The summed E-state index contributed by atoms with van der Waals surface area (Å²) in [7, 11) is 1.57. The van der Waals surface area contributed by atoms with Crippen LogP contribution in [0.2, 0.25) is 0 Å². The first-order valence-corrected chi connectivity index (χ1v) is 10.1. The Labute approximate surface area is 193 Å². The molecule has 0 radical (unpaired) electrons. The number of nitrogens with two attached hydrogens (primary N) is 2. The average molecular weight is 468 g/mol. The number of rotatable bonds is 10. The molecule has 13 nitrogen and oxygen atoms in total. The topological polar surface area (TPSA) is 188 Å². The number of ether oxygens (including phenoxy) is 1. The van der Waals surface area contributed by atoms with Crippen molar-refractivity contribution in [3.63, 3.8) is 0 Å². The van der Waals surface area contributed by atoms with Gasteiger partial charge in [-0.1, -0.05) is 24.3 Å². The van der Waals surface area contributed by atoms with Crippen molar-refractivity contribution in [2.24, 2.45) is 16.5 Å². The van der Waals surface area contributed by atoms with Gasteiger partial charge in [0.25, 0.3) is 5.69 Å². The van der Waals surface area contributed by atoms with Gasteiger partial charge < -0.3 is 21.1 Å². The highest BCUT2D eigenvalue weighted by Crippen LogP contribution is 2.15. The maximum absolute atomic E-state index is 12.7. The molecule has 0 unspecified atom stereocenters. The molecule has 0 atom stereocenters. The average Bonchev–Trinajstić information content (AvgIpc) is 2.81. The summed E-state index contributed by atoms with van der Waals surface area (Å²) in [6.45, 7) is 0.720. The number of nitrogens with one attached hydrogen (secondary N) is 1. The number of nitrogens with zero attached hydrogens (tertiary/aromatic N) is 5. The van der Waals surface area contributed by atoms with Crippen LogP contribution in [0.1, 0.15) is 11.1 Å². The van der Waals surface area contributed by atoms with E-state index in [1.165, 1.54) is 24.3 Å². The highest BCUT2D eigenvalue weighted by molar-refractivity contribution is 5.75. The van der Waals surface area contributed by atoms with Gasteiger partial charge in [0, 0.05) is 25.2 Å². The van der Waals surface area contributed by atoms with Crippen LogP contribution in [0, 0.1) is 10.1 Å². The Morgan fingerprint density at radius 1 is 1.15 bits per heavy atom. The number of methoxy groups -OCH3 is 1. The lowest BCUT2D eigenvalue weighted by molar-refractivity contribution is -0.384. The number of aromatic amines is 1. The molecule has 0 aliphatic heterocycles. The predicted molar refractivity (Wildman–Crippen MR) is 126 cm³/mol. The quantitative estimate of drug-likeness (QED) is 0.161. The highest BCUT2D eigenvalue weighted by Gasteiger charge is 2.15. The number of benzene rings is 2. The summed E-state index contributed by atoms with van der Waals surface area (Å²) >= 11 is 0. The molecular weight excluding hydrogens is 444 g/mol. The van der Waals surface area contributed by atoms with Gasteiger partial charge in [0.1, 0.15) is 5.75 Å². The van der Waals surface area contributed by atoms with Gasteiger partial charge in [0.15, 0.2) is 5.96 Å². The Morgan fingerprint density at radius 2 is 1.79 bits per heavy atom. The largest absolute Gasteiger partial charge is 0.497 e. The summed E-state index contributed by atoms with van der Waals surface area (Å²) in [5.41, 5.74) is 10.7. The first kappa shape index (κ1) is 24.0. The highest BCUT2D eigenvalue weighted by atomic mass is 16.6. The molecule has 0 saturated heterocycles. The number of H-pyrrole nitrogens is 1. The van der Waals surface area contributed by atoms with Crippen molar-refractivity contribution in [2.75, 3.05) is 25.1 Å². The summed E-state index contributed by atoms with van der Waals surface area (Å²) in [5, 5.41) is 10.8. The number of aliphatic imine (C=N–C) groups is 1. The minimum Gasteiger partial charge on any atom is -0.497 e. The van der Waals surface area contributed by atoms with Crippen molar-refractivity contribution in [1.29, 1.82) is 0 Å². The SMILES string of the molecule is COc1ccc(CN(CCN=C(N)N)c2nc(=O)n(Cc3ccc([N+](=O)[O-])cc3)c(=O)[nH]2)cc1. The van der Waals surface area contributed by atoms with Gasteiger partial charge in [-0.25, -0.2) is 14.2 Å². The molecule has 3 rings (SSSR count). The van der Waals surface area contributed by atoms with Gasteiger partial charge in [-0.2, -0.15) is 4.98 Å². The molecule has 1 aromatic heterocycles. The number of aromatic nitrogens is 3. The van der Waals surface area contributed by atoms with Crippen LogP contribution in [0.3, 0.4) is 0 Å².